The second-order valence-electron chi connectivity index (χ2n) is 4.72. The third kappa shape index (κ3) is 2.83. The van der Waals surface area contributed by atoms with Crippen LogP contribution in [0.4, 0.5) is 5.13 Å². The summed E-state index contributed by atoms with van der Waals surface area (Å²) in [6.07, 6.45) is 5.41. The highest BCUT2D eigenvalue weighted by Crippen LogP contribution is 2.20. The van der Waals surface area contributed by atoms with Crippen LogP contribution in [0.3, 0.4) is 0 Å². The Morgan fingerprint density at radius 2 is 2.35 bits per heavy atom. The number of amides is 1. The van der Waals surface area contributed by atoms with Gasteiger partial charge in [0.25, 0.3) is 5.91 Å². The molecule has 1 unspecified atom stereocenters. The molecule has 7 heteroatoms. The number of thiazole rings is 1. The third-order valence-corrected chi connectivity index (χ3v) is 4.04. The van der Waals surface area contributed by atoms with Crippen LogP contribution in [0, 0.1) is 6.92 Å². The summed E-state index contributed by atoms with van der Waals surface area (Å²) in [5.41, 5.74) is 2.09. The molecule has 1 fully saturated rings. The molecule has 1 aliphatic heterocycles. The molecule has 3 heterocycles. The summed E-state index contributed by atoms with van der Waals surface area (Å²) in [4.78, 5) is 24.7. The van der Waals surface area contributed by atoms with E-state index in [2.05, 4.69) is 25.6 Å². The van der Waals surface area contributed by atoms with Crippen LogP contribution in [0.1, 0.15) is 40.8 Å². The second kappa shape index (κ2) is 5.64. The van der Waals surface area contributed by atoms with Crippen molar-refractivity contribution in [2.45, 2.75) is 25.8 Å². The summed E-state index contributed by atoms with van der Waals surface area (Å²) >= 11 is 1.39. The first-order chi connectivity index (χ1) is 9.72. The zero-order valence-electron chi connectivity index (χ0n) is 11.1. The van der Waals surface area contributed by atoms with E-state index in [1.54, 1.807) is 6.20 Å². The summed E-state index contributed by atoms with van der Waals surface area (Å²) in [5, 5.41) is 8.54. The van der Waals surface area contributed by atoms with E-state index in [0.717, 1.165) is 30.8 Å². The average Bonchev–Trinajstić information content (AvgIpc) is 3.11. The van der Waals surface area contributed by atoms with Crippen LogP contribution in [0.25, 0.3) is 0 Å². The lowest BCUT2D eigenvalue weighted by Crippen LogP contribution is -2.17. The smallest absolute Gasteiger partial charge is 0.277 e. The molecule has 0 radical (unpaired) electrons. The van der Waals surface area contributed by atoms with Crippen molar-refractivity contribution < 1.29 is 4.79 Å². The number of rotatable bonds is 3. The SMILES string of the molecule is Cc1csc(NC(=O)c2cnc(C3CCCN3)cn2)n1. The number of aromatic nitrogens is 3. The minimum Gasteiger partial charge on any atom is -0.309 e. The van der Waals surface area contributed by atoms with E-state index in [-0.39, 0.29) is 11.9 Å². The van der Waals surface area contributed by atoms with Crippen molar-refractivity contribution in [2.75, 3.05) is 11.9 Å². The summed E-state index contributed by atoms with van der Waals surface area (Å²) in [5.74, 6) is -0.280. The zero-order valence-corrected chi connectivity index (χ0v) is 11.9. The molecule has 1 aliphatic rings. The first-order valence-corrected chi connectivity index (χ1v) is 7.39. The second-order valence-corrected chi connectivity index (χ2v) is 5.58. The van der Waals surface area contributed by atoms with Gasteiger partial charge in [0.2, 0.25) is 0 Å². The van der Waals surface area contributed by atoms with E-state index < -0.39 is 0 Å². The standard InChI is InChI=1S/C13H15N5OS/c1-8-7-20-13(17-8)18-12(19)11-6-15-10(5-16-11)9-3-2-4-14-9/h5-7,9,14H,2-4H2,1H3,(H,17,18,19). The minimum atomic E-state index is -0.280. The van der Waals surface area contributed by atoms with Crippen LogP contribution in [-0.4, -0.2) is 27.4 Å². The Labute approximate surface area is 120 Å². The van der Waals surface area contributed by atoms with E-state index in [1.807, 2.05) is 12.3 Å². The predicted molar refractivity (Wildman–Crippen MR) is 76.8 cm³/mol. The number of carbonyl (C=O) groups excluding carboxylic acids is 1. The number of nitrogens with one attached hydrogen (secondary N) is 2. The molecular formula is C13H15N5OS. The molecule has 3 rings (SSSR count). The molecule has 0 aliphatic carbocycles. The first kappa shape index (κ1) is 13.1. The number of hydrogen-bond donors (Lipinski definition) is 2. The Kier molecular flexibility index (Phi) is 3.70. The quantitative estimate of drug-likeness (QED) is 0.902. The Balaban J connectivity index is 1.68. The predicted octanol–water partition coefficient (Wildman–Crippen LogP) is 1.92. The number of anilines is 1. The van der Waals surface area contributed by atoms with Crippen molar-refractivity contribution in [2.24, 2.45) is 0 Å². The van der Waals surface area contributed by atoms with Crippen molar-refractivity contribution in [3.8, 4) is 0 Å². The molecule has 2 aromatic heterocycles. The van der Waals surface area contributed by atoms with Gasteiger partial charge in [-0.25, -0.2) is 9.97 Å². The fraction of sp³-hybridized carbons (Fsp3) is 0.385. The van der Waals surface area contributed by atoms with E-state index in [0.29, 0.717) is 10.8 Å². The highest BCUT2D eigenvalue weighted by molar-refractivity contribution is 7.13. The van der Waals surface area contributed by atoms with Gasteiger partial charge in [0.15, 0.2) is 5.13 Å². The zero-order chi connectivity index (χ0) is 13.9. The van der Waals surface area contributed by atoms with Crippen molar-refractivity contribution in [3.63, 3.8) is 0 Å². The van der Waals surface area contributed by atoms with Crippen LogP contribution >= 0.6 is 11.3 Å². The van der Waals surface area contributed by atoms with Gasteiger partial charge in [0.1, 0.15) is 5.69 Å². The Morgan fingerprint density at radius 3 is 2.95 bits per heavy atom. The largest absolute Gasteiger partial charge is 0.309 e. The van der Waals surface area contributed by atoms with Crippen molar-refractivity contribution in [1.82, 2.24) is 20.3 Å². The maximum atomic E-state index is 12.0. The van der Waals surface area contributed by atoms with Gasteiger partial charge in [-0.05, 0) is 26.3 Å². The van der Waals surface area contributed by atoms with E-state index in [4.69, 9.17) is 0 Å². The lowest BCUT2D eigenvalue weighted by Gasteiger charge is -2.09. The number of nitrogens with zero attached hydrogens (tertiary/aromatic N) is 3. The lowest BCUT2D eigenvalue weighted by atomic mass is 10.2. The Morgan fingerprint density at radius 1 is 1.45 bits per heavy atom. The summed E-state index contributed by atoms with van der Waals surface area (Å²) in [6.45, 7) is 2.90. The molecule has 0 saturated carbocycles. The minimum absolute atomic E-state index is 0.265. The Bertz CT molecular complexity index is 603. The van der Waals surface area contributed by atoms with Crippen molar-refractivity contribution in [3.05, 3.63) is 34.9 Å². The van der Waals surface area contributed by atoms with Gasteiger partial charge in [-0.15, -0.1) is 11.3 Å². The summed E-state index contributed by atoms with van der Waals surface area (Å²) < 4.78 is 0. The maximum Gasteiger partial charge on any atom is 0.277 e. The first-order valence-electron chi connectivity index (χ1n) is 6.51. The van der Waals surface area contributed by atoms with Gasteiger partial charge in [-0.2, -0.15) is 0 Å². The van der Waals surface area contributed by atoms with Gasteiger partial charge < -0.3 is 5.32 Å². The number of hydrogen-bond acceptors (Lipinski definition) is 6. The van der Waals surface area contributed by atoms with Gasteiger partial charge in [0, 0.05) is 5.38 Å². The van der Waals surface area contributed by atoms with Gasteiger partial charge in [-0.1, -0.05) is 0 Å². The molecule has 2 N–H and O–H groups in total. The molecule has 2 aromatic rings. The molecule has 0 bridgehead atoms. The maximum absolute atomic E-state index is 12.0. The lowest BCUT2D eigenvalue weighted by molar-refractivity contribution is 0.102. The van der Waals surface area contributed by atoms with E-state index >= 15 is 0 Å². The van der Waals surface area contributed by atoms with E-state index in [9.17, 15) is 4.79 Å². The van der Waals surface area contributed by atoms with Gasteiger partial charge in [-0.3, -0.25) is 15.1 Å². The fourth-order valence-corrected chi connectivity index (χ4v) is 2.83. The fourth-order valence-electron chi connectivity index (χ4n) is 2.14. The average molecular weight is 289 g/mol. The van der Waals surface area contributed by atoms with Crippen LogP contribution in [0.2, 0.25) is 0 Å². The molecule has 0 spiro atoms. The molecule has 0 aromatic carbocycles. The monoisotopic (exact) mass is 289 g/mol. The van der Waals surface area contributed by atoms with Crippen LogP contribution in [-0.2, 0) is 0 Å². The van der Waals surface area contributed by atoms with Gasteiger partial charge >= 0.3 is 0 Å². The van der Waals surface area contributed by atoms with Crippen LogP contribution in [0.5, 0.6) is 0 Å². The normalized spacial score (nSPS) is 18.1. The third-order valence-electron chi connectivity index (χ3n) is 3.16. The molecule has 20 heavy (non-hydrogen) atoms. The highest BCUT2D eigenvalue weighted by atomic mass is 32.1. The van der Waals surface area contributed by atoms with Crippen molar-refractivity contribution >= 4 is 22.4 Å². The number of aryl methyl sites for hydroxylation is 1. The molecule has 6 nitrogen and oxygen atoms in total. The van der Waals surface area contributed by atoms with Crippen molar-refractivity contribution in [1.29, 1.82) is 0 Å². The van der Waals surface area contributed by atoms with Gasteiger partial charge in [0.05, 0.1) is 29.8 Å². The number of carbonyl (C=O) groups is 1. The van der Waals surface area contributed by atoms with E-state index in [1.165, 1.54) is 17.5 Å². The molecule has 1 saturated heterocycles. The Hall–Kier alpha value is -1.86. The van der Waals surface area contributed by atoms with Crippen LogP contribution < -0.4 is 10.6 Å². The molecule has 1 atom stereocenters. The summed E-state index contributed by atoms with van der Waals surface area (Å²) in [6, 6.07) is 0.265. The molecular weight excluding hydrogens is 274 g/mol. The summed E-state index contributed by atoms with van der Waals surface area (Å²) in [7, 11) is 0. The molecule has 1 amide bonds. The highest BCUT2D eigenvalue weighted by Gasteiger charge is 2.18. The molecule has 104 valence electrons. The topological polar surface area (TPSA) is 79.8 Å². The van der Waals surface area contributed by atoms with Crippen LogP contribution in [0.15, 0.2) is 17.8 Å².